The molecule has 1 aliphatic rings. The van der Waals surface area contributed by atoms with Crippen LogP contribution in [0, 0.1) is 24.7 Å². The molecule has 0 bridgehead atoms. The Bertz CT molecular complexity index is 1040. The van der Waals surface area contributed by atoms with Crippen LogP contribution < -0.4 is 15.4 Å². The smallest absolute Gasteiger partial charge is 0.228 e. The fraction of sp³-hybridized carbons (Fsp3) is 0.111. The molecule has 6 heteroatoms. The zero-order valence-corrected chi connectivity index (χ0v) is 14.5. The highest BCUT2D eigenvalue weighted by Gasteiger charge is 2.29. The lowest BCUT2D eigenvalue weighted by molar-refractivity contribution is 0.414. The minimum absolute atomic E-state index is 0.385. The first-order chi connectivity index (χ1) is 11.5. The molecule has 0 unspecified atom stereocenters. The Morgan fingerprint density at radius 1 is 1.33 bits per heavy atom. The standard InChI is InChI=1S/C18H12Cl2N3O/c1-9-6-13(24-3)16(20)14(15(9)19)12-5-4-11(7-21)17-18(12)23-10(2)8-22-17/h4-6,8H,2H2,1,3H3/q+1. The van der Waals surface area contributed by atoms with Crippen molar-refractivity contribution in [3.63, 3.8) is 0 Å². The van der Waals surface area contributed by atoms with Gasteiger partial charge in [-0.3, -0.25) is 0 Å². The van der Waals surface area contributed by atoms with E-state index in [1.54, 1.807) is 25.7 Å². The third kappa shape index (κ3) is 2.52. The Hall–Kier alpha value is -2.48. The van der Waals surface area contributed by atoms with Gasteiger partial charge in [0.05, 0.1) is 34.8 Å². The highest BCUT2D eigenvalue weighted by atomic mass is 35.5. The Labute approximate surface area is 149 Å². The molecule has 118 valence electrons. The highest BCUT2D eigenvalue weighted by Crippen LogP contribution is 2.42. The average molecular weight is 357 g/mol. The summed E-state index contributed by atoms with van der Waals surface area (Å²) in [6.45, 7) is 5.68. The second-order valence-corrected chi connectivity index (χ2v) is 5.99. The summed E-state index contributed by atoms with van der Waals surface area (Å²) in [4.78, 5) is 8.74. The maximum absolute atomic E-state index is 9.30. The molecule has 1 aromatic heterocycles. The van der Waals surface area contributed by atoms with Gasteiger partial charge in [0.1, 0.15) is 10.8 Å². The van der Waals surface area contributed by atoms with Gasteiger partial charge in [0.15, 0.2) is 11.0 Å². The molecule has 1 aliphatic carbocycles. The Balaban J connectivity index is 2.38. The summed E-state index contributed by atoms with van der Waals surface area (Å²) in [5.74, 6) is 0.518. The van der Waals surface area contributed by atoms with E-state index in [2.05, 4.69) is 22.6 Å². The topological polar surface area (TPSA) is 58.8 Å². The number of hydrogen-bond acceptors (Lipinski definition) is 4. The van der Waals surface area contributed by atoms with Gasteiger partial charge >= 0.3 is 0 Å². The molecular formula is C18H12Cl2N3O+. The average Bonchev–Trinajstić information content (AvgIpc) is 2.58. The number of halogens is 2. The van der Waals surface area contributed by atoms with Gasteiger partial charge in [-0.05, 0) is 18.6 Å². The molecule has 0 spiro atoms. The van der Waals surface area contributed by atoms with E-state index in [4.69, 9.17) is 27.9 Å². The van der Waals surface area contributed by atoms with E-state index in [9.17, 15) is 5.26 Å². The first-order valence-corrected chi connectivity index (χ1v) is 7.78. The van der Waals surface area contributed by atoms with E-state index in [-0.39, 0.29) is 0 Å². The summed E-state index contributed by atoms with van der Waals surface area (Å²) in [7, 11) is 1.54. The molecule has 0 fully saturated rings. The van der Waals surface area contributed by atoms with Crippen LogP contribution in [-0.2, 0) is 0 Å². The number of nitriles is 1. The van der Waals surface area contributed by atoms with Gasteiger partial charge in [0.2, 0.25) is 11.6 Å². The van der Waals surface area contributed by atoms with Crippen LogP contribution in [0.5, 0.6) is 5.75 Å². The van der Waals surface area contributed by atoms with Crippen LogP contribution in [0.4, 0.5) is 0 Å². The number of rotatable bonds is 2. The Morgan fingerprint density at radius 2 is 2.08 bits per heavy atom. The number of aryl methyl sites for hydroxylation is 1. The van der Waals surface area contributed by atoms with Crippen molar-refractivity contribution < 1.29 is 4.74 Å². The molecule has 2 aromatic rings. The number of nitrogens with zero attached hydrogens (tertiary/aromatic N) is 3. The zero-order chi connectivity index (χ0) is 17.4. The summed E-state index contributed by atoms with van der Waals surface area (Å²) in [5, 5.41) is 11.2. The Morgan fingerprint density at radius 3 is 2.75 bits per heavy atom. The number of fused-ring (bicyclic) bond motifs is 1. The van der Waals surface area contributed by atoms with Crippen molar-refractivity contribution in [2.45, 2.75) is 6.92 Å². The fourth-order valence-corrected chi connectivity index (χ4v) is 3.18. The van der Waals surface area contributed by atoms with Crippen molar-refractivity contribution in [2.75, 3.05) is 7.11 Å². The number of allylic oxidation sites excluding steroid dienone is 1. The van der Waals surface area contributed by atoms with Gasteiger partial charge in [0, 0.05) is 12.5 Å². The first-order valence-electron chi connectivity index (χ1n) is 7.02. The van der Waals surface area contributed by atoms with E-state index in [0.29, 0.717) is 48.9 Å². The third-order valence-corrected chi connectivity index (χ3v) is 4.57. The zero-order valence-electron chi connectivity index (χ0n) is 13.0. The van der Waals surface area contributed by atoms with Crippen molar-refractivity contribution in [2.24, 2.45) is 0 Å². The van der Waals surface area contributed by atoms with Crippen molar-refractivity contribution in [3.8, 4) is 11.8 Å². The largest absolute Gasteiger partial charge is 0.495 e. The summed E-state index contributed by atoms with van der Waals surface area (Å²) in [6.07, 6.45) is 4.96. The summed E-state index contributed by atoms with van der Waals surface area (Å²) in [5.41, 5.74) is 3.05. The SMILES string of the molecule is C=c1cnc2c(n1)C(c1c(Cl)c(C)cc(OC)c1Cl)=C[CH+]C=2C#N. The van der Waals surface area contributed by atoms with Crippen molar-refractivity contribution in [1.82, 2.24) is 9.97 Å². The van der Waals surface area contributed by atoms with Gasteiger partial charge < -0.3 is 4.74 Å². The number of benzene rings is 1. The second kappa shape index (κ2) is 6.20. The van der Waals surface area contributed by atoms with E-state index < -0.39 is 0 Å². The molecule has 0 atom stereocenters. The monoisotopic (exact) mass is 356 g/mol. The van der Waals surface area contributed by atoms with Crippen molar-refractivity contribution in [1.29, 1.82) is 5.26 Å². The van der Waals surface area contributed by atoms with Crippen LogP contribution in [0.2, 0.25) is 10.0 Å². The van der Waals surface area contributed by atoms with E-state index >= 15 is 0 Å². The lowest BCUT2D eigenvalue weighted by atomic mass is 9.93. The van der Waals surface area contributed by atoms with E-state index in [1.807, 2.05) is 6.92 Å². The van der Waals surface area contributed by atoms with Crippen LogP contribution in [0.1, 0.15) is 16.8 Å². The lowest BCUT2D eigenvalue weighted by Crippen LogP contribution is -2.27. The summed E-state index contributed by atoms with van der Waals surface area (Å²) in [6, 6.07) is 3.89. The Kier molecular flexibility index (Phi) is 4.23. The first kappa shape index (κ1) is 16.4. The molecule has 0 amide bonds. The normalized spacial score (nSPS) is 12.8. The molecule has 1 heterocycles. The molecule has 0 radical (unpaired) electrons. The molecule has 0 aliphatic heterocycles. The minimum Gasteiger partial charge on any atom is -0.495 e. The predicted octanol–water partition coefficient (Wildman–Crippen LogP) is 2.83. The highest BCUT2D eigenvalue weighted by molar-refractivity contribution is 6.39. The maximum atomic E-state index is 9.30. The number of methoxy groups -OCH3 is 1. The van der Waals surface area contributed by atoms with Gasteiger partial charge in [-0.25, -0.2) is 9.97 Å². The molecule has 4 nitrogen and oxygen atoms in total. The van der Waals surface area contributed by atoms with Gasteiger partial charge in [0.25, 0.3) is 0 Å². The summed E-state index contributed by atoms with van der Waals surface area (Å²) < 4.78 is 5.33. The minimum atomic E-state index is 0.385. The molecular weight excluding hydrogens is 345 g/mol. The molecule has 0 saturated carbocycles. The quantitative estimate of drug-likeness (QED) is 0.776. The molecule has 0 saturated heterocycles. The second-order valence-electron chi connectivity index (χ2n) is 5.23. The van der Waals surface area contributed by atoms with Crippen molar-refractivity contribution >= 4 is 40.9 Å². The molecule has 3 rings (SSSR count). The predicted molar refractivity (Wildman–Crippen MR) is 95.0 cm³/mol. The maximum Gasteiger partial charge on any atom is 0.228 e. The van der Waals surface area contributed by atoms with E-state index in [0.717, 1.165) is 5.56 Å². The number of ether oxygens (including phenoxy) is 1. The van der Waals surface area contributed by atoms with Crippen LogP contribution in [0.15, 0.2) is 18.3 Å². The van der Waals surface area contributed by atoms with Crippen LogP contribution in [-0.4, -0.2) is 17.1 Å². The fourth-order valence-electron chi connectivity index (χ4n) is 2.55. The third-order valence-electron chi connectivity index (χ3n) is 3.71. The van der Waals surface area contributed by atoms with Crippen LogP contribution >= 0.6 is 23.2 Å². The van der Waals surface area contributed by atoms with Crippen LogP contribution in [0.3, 0.4) is 0 Å². The molecule has 24 heavy (non-hydrogen) atoms. The number of aromatic nitrogens is 2. The van der Waals surface area contributed by atoms with E-state index in [1.165, 1.54) is 6.20 Å². The lowest BCUT2D eigenvalue weighted by Gasteiger charge is -2.14. The molecule has 1 aromatic carbocycles. The van der Waals surface area contributed by atoms with Crippen molar-refractivity contribution in [3.05, 3.63) is 62.3 Å². The summed E-state index contributed by atoms with van der Waals surface area (Å²) >= 11 is 13.0. The number of hydrogen-bond donors (Lipinski definition) is 0. The molecule has 0 N–H and O–H groups in total. The van der Waals surface area contributed by atoms with Gasteiger partial charge in [-0.2, -0.15) is 0 Å². The van der Waals surface area contributed by atoms with Crippen LogP contribution in [0.25, 0.3) is 17.7 Å². The van der Waals surface area contributed by atoms with Gasteiger partial charge in [-0.1, -0.05) is 29.8 Å². The van der Waals surface area contributed by atoms with Gasteiger partial charge in [-0.15, -0.1) is 5.26 Å².